The third kappa shape index (κ3) is 3.02. The van der Waals surface area contributed by atoms with Gasteiger partial charge in [-0.25, -0.2) is 0 Å². The minimum absolute atomic E-state index is 0.147. The maximum Gasteiger partial charge on any atom is 0.203 e. The predicted octanol–water partition coefficient (Wildman–Crippen LogP) is 2.44. The molecule has 2 aliphatic heterocycles. The number of nitrogens with zero attached hydrogens (tertiary/aromatic N) is 2. The summed E-state index contributed by atoms with van der Waals surface area (Å²) in [5.41, 5.74) is 5.72. The van der Waals surface area contributed by atoms with Crippen molar-refractivity contribution in [3.8, 4) is 17.2 Å². The molecule has 2 aliphatic rings. The summed E-state index contributed by atoms with van der Waals surface area (Å²) in [7, 11) is 4.92. The molecule has 0 bridgehead atoms. The molecule has 2 unspecified atom stereocenters. The SMILES string of the molecule is CCCN1CCC2=NNC(c3cc(OC)c(OC)c(OC)c3)C2C1. The van der Waals surface area contributed by atoms with Crippen LogP contribution in [0.2, 0.25) is 0 Å². The van der Waals surface area contributed by atoms with E-state index >= 15 is 0 Å². The molecule has 6 nitrogen and oxygen atoms in total. The molecule has 0 radical (unpaired) electrons. The van der Waals surface area contributed by atoms with Crippen molar-refractivity contribution in [2.45, 2.75) is 25.8 Å². The Morgan fingerprint density at radius 2 is 1.88 bits per heavy atom. The summed E-state index contributed by atoms with van der Waals surface area (Å²) in [6.45, 7) is 5.52. The maximum absolute atomic E-state index is 5.49. The van der Waals surface area contributed by atoms with Crippen LogP contribution in [0.4, 0.5) is 0 Å². The first-order chi connectivity index (χ1) is 11.7. The maximum atomic E-state index is 5.49. The first-order valence-corrected chi connectivity index (χ1v) is 8.56. The van der Waals surface area contributed by atoms with Crippen molar-refractivity contribution in [1.82, 2.24) is 10.3 Å². The molecular formula is C18H27N3O3. The van der Waals surface area contributed by atoms with Crippen molar-refractivity contribution < 1.29 is 14.2 Å². The number of likely N-dealkylation sites (tertiary alicyclic amines) is 1. The predicted molar refractivity (Wildman–Crippen MR) is 94.2 cm³/mol. The Bertz CT molecular complexity index is 593. The van der Waals surface area contributed by atoms with Crippen LogP contribution >= 0.6 is 0 Å². The number of nitrogens with one attached hydrogen (secondary N) is 1. The minimum atomic E-state index is 0.147. The van der Waals surface area contributed by atoms with Crippen LogP contribution in [-0.2, 0) is 0 Å². The zero-order chi connectivity index (χ0) is 17.1. The molecule has 0 amide bonds. The Balaban J connectivity index is 1.89. The van der Waals surface area contributed by atoms with Gasteiger partial charge in [-0.05, 0) is 30.7 Å². The molecule has 6 heteroatoms. The summed E-state index contributed by atoms with van der Waals surface area (Å²) >= 11 is 0. The van der Waals surface area contributed by atoms with Crippen LogP contribution in [0.15, 0.2) is 17.2 Å². The number of rotatable bonds is 6. The minimum Gasteiger partial charge on any atom is -0.493 e. The standard InChI is InChI=1S/C18H27N3O3/c1-5-7-21-8-6-14-13(11-21)17(20-19-14)12-9-15(22-2)18(24-4)16(10-12)23-3/h9-10,13,17,20H,5-8,11H2,1-4H3. The summed E-state index contributed by atoms with van der Waals surface area (Å²) in [6, 6.07) is 4.19. The van der Waals surface area contributed by atoms with Crippen LogP contribution in [0.5, 0.6) is 17.2 Å². The van der Waals surface area contributed by atoms with Crippen molar-refractivity contribution in [2.24, 2.45) is 11.0 Å². The topological polar surface area (TPSA) is 55.3 Å². The molecule has 1 aromatic carbocycles. The van der Waals surface area contributed by atoms with Gasteiger partial charge in [0.05, 0.1) is 27.4 Å². The molecule has 1 aromatic rings. The normalized spacial score (nSPS) is 23.2. The lowest BCUT2D eigenvalue weighted by molar-refractivity contribution is 0.228. The highest BCUT2D eigenvalue weighted by molar-refractivity contribution is 5.90. The van der Waals surface area contributed by atoms with E-state index in [-0.39, 0.29) is 6.04 Å². The van der Waals surface area contributed by atoms with Gasteiger partial charge in [-0.3, -0.25) is 0 Å². The molecule has 0 aliphatic carbocycles. The highest BCUT2D eigenvalue weighted by atomic mass is 16.5. The van der Waals surface area contributed by atoms with Crippen LogP contribution in [0.3, 0.4) is 0 Å². The lowest BCUT2D eigenvalue weighted by Gasteiger charge is -2.33. The van der Waals surface area contributed by atoms with Crippen LogP contribution in [0.25, 0.3) is 0 Å². The lowest BCUT2D eigenvalue weighted by atomic mass is 9.86. The highest BCUT2D eigenvalue weighted by Gasteiger charge is 2.37. The van der Waals surface area contributed by atoms with E-state index in [0.29, 0.717) is 23.2 Å². The fraction of sp³-hybridized carbons (Fsp3) is 0.611. The molecule has 24 heavy (non-hydrogen) atoms. The zero-order valence-electron chi connectivity index (χ0n) is 15.0. The van der Waals surface area contributed by atoms with Gasteiger partial charge in [0.25, 0.3) is 0 Å². The first kappa shape index (κ1) is 16.9. The Morgan fingerprint density at radius 3 is 2.46 bits per heavy atom. The van der Waals surface area contributed by atoms with Crippen molar-refractivity contribution in [1.29, 1.82) is 0 Å². The van der Waals surface area contributed by atoms with Crippen LogP contribution in [0.1, 0.15) is 31.4 Å². The quantitative estimate of drug-likeness (QED) is 0.866. The fourth-order valence-corrected chi connectivity index (χ4v) is 3.72. The van der Waals surface area contributed by atoms with Gasteiger partial charge in [0.15, 0.2) is 11.5 Å². The highest BCUT2D eigenvalue weighted by Crippen LogP contribution is 2.42. The second-order valence-corrected chi connectivity index (χ2v) is 6.33. The summed E-state index contributed by atoms with van der Waals surface area (Å²) in [5, 5.41) is 4.59. The number of benzene rings is 1. The van der Waals surface area contributed by atoms with Crippen LogP contribution < -0.4 is 19.6 Å². The van der Waals surface area contributed by atoms with E-state index in [1.165, 1.54) is 12.1 Å². The van der Waals surface area contributed by atoms with Gasteiger partial charge in [0.1, 0.15) is 0 Å². The van der Waals surface area contributed by atoms with Crippen LogP contribution in [0, 0.1) is 5.92 Å². The summed E-state index contributed by atoms with van der Waals surface area (Å²) in [5.74, 6) is 2.39. The van der Waals surface area contributed by atoms with Gasteiger partial charge in [0.2, 0.25) is 5.75 Å². The van der Waals surface area contributed by atoms with Gasteiger partial charge in [-0.15, -0.1) is 0 Å². The van der Waals surface area contributed by atoms with Gasteiger partial charge in [-0.2, -0.15) is 5.10 Å². The van der Waals surface area contributed by atoms with Gasteiger partial charge < -0.3 is 24.5 Å². The number of methoxy groups -OCH3 is 3. The largest absolute Gasteiger partial charge is 0.493 e. The van der Waals surface area contributed by atoms with E-state index in [4.69, 9.17) is 14.2 Å². The molecule has 2 atom stereocenters. The van der Waals surface area contributed by atoms with E-state index in [9.17, 15) is 0 Å². The Morgan fingerprint density at radius 1 is 1.17 bits per heavy atom. The number of fused-ring (bicyclic) bond motifs is 1. The molecule has 3 rings (SSSR count). The van der Waals surface area contributed by atoms with Gasteiger partial charge in [0, 0.05) is 31.1 Å². The van der Waals surface area contributed by atoms with E-state index in [1.807, 2.05) is 12.1 Å². The molecule has 2 heterocycles. The smallest absolute Gasteiger partial charge is 0.203 e. The van der Waals surface area contributed by atoms with E-state index in [1.54, 1.807) is 21.3 Å². The average Bonchev–Trinajstić information content (AvgIpc) is 3.03. The third-order valence-electron chi connectivity index (χ3n) is 4.90. The Hall–Kier alpha value is -1.95. The number of hydrogen-bond acceptors (Lipinski definition) is 6. The van der Waals surface area contributed by atoms with Crippen molar-refractivity contribution in [3.05, 3.63) is 17.7 Å². The van der Waals surface area contributed by atoms with E-state index < -0.39 is 0 Å². The molecule has 1 saturated heterocycles. The van der Waals surface area contributed by atoms with E-state index in [2.05, 4.69) is 22.4 Å². The van der Waals surface area contributed by atoms with Gasteiger partial charge >= 0.3 is 0 Å². The second-order valence-electron chi connectivity index (χ2n) is 6.33. The number of piperidine rings is 1. The van der Waals surface area contributed by atoms with Gasteiger partial charge in [-0.1, -0.05) is 6.92 Å². The Kier molecular flexibility index (Phi) is 5.14. The van der Waals surface area contributed by atoms with Crippen molar-refractivity contribution >= 4 is 5.71 Å². The molecule has 1 fully saturated rings. The molecule has 0 saturated carbocycles. The van der Waals surface area contributed by atoms with E-state index in [0.717, 1.165) is 31.6 Å². The van der Waals surface area contributed by atoms with Crippen molar-refractivity contribution in [3.63, 3.8) is 0 Å². The second kappa shape index (κ2) is 7.30. The molecule has 0 aromatic heterocycles. The third-order valence-corrected chi connectivity index (χ3v) is 4.90. The van der Waals surface area contributed by atoms with Crippen molar-refractivity contribution in [2.75, 3.05) is 41.0 Å². The first-order valence-electron chi connectivity index (χ1n) is 8.56. The number of hydrogen-bond donors (Lipinski definition) is 1. The molecule has 1 N–H and O–H groups in total. The molecule has 132 valence electrons. The fourth-order valence-electron chi connectivity index (χ4n) is 3.72. The summed E-state index contributed by atoms with van der Waals surface area (Å²) in [6.07, 6.45) is 2.22. The number of ether oxygens (including phenoxy) is 3. The van der Waals surface area contributed by atoms with Crippen LogP contribution in [-0.4, -0.2) is 51.6 Å². The molecular weight excluding hydrogens is 306 g/mol. The molecule has 0 spiro atoms. The summed E-state index contributed by atoms with van der Waals surface area (Å²) < 4.78 is 16.4. The number of hydrazone groups is 1. The monoisotopic (exact) mass is 333 g/mol. The zero-order valence-corrected chi connectivity index (χ0v) is 15.0. The lowest BCUT2D eigenvalue weighted by Crippen LogP contribution is -2.42. The summed E-state index contributed by atoms with van der Waals surface area (Å²) in [4.78, 5) is 2.53. The Labute approximate surface area is 143 Å². The average molecular weight is 333 g/mol.